The van der Waals surface area contributed by atoms with E-state index in [1.165, 1.54) is 161 Å². The lowest BCUT2D eigenvalue weighted by atomic mass is 9.97. The van der Waals surface area contributed by atoms with Gasteiger partial charge in [0.05, 0.1) is 32.0 Å². The summed E-state index contributed by atoms with van der Waals surface area (Å²) < 4.78 is 22.8. The number of carbonyl (C=O) groups excluding carboxylic acids is 1. The normalized spacial score (nSPS) is 24.9. The molecule has 0 bridgehead atoms. The zero-order valence-electron chi connectivity index (χ0n) is 48.9. The smallest absolute Gasteiger partial charge is 0.220 e. The number of rotatable bonds is 50. The number of nitrogens with one attached hydrogen (secondary N) is 1. The maximum atomic E-state index is 13.3. The number of amides is 1. The first kappa shape index (κ1) is 71.8. The molecule has 2 heterocycles. The topological polar surface area (TPSA) is 228 Å². The van der Waals surface area contributed by atoms with Crippen LogP contribution in [0.2, 0.25) is 0 Å². The molecule has 0 aromatic rings. The van der Waals surface area contributed by atoms with Crippen molar-refractivity contribution < 1.29 is 64.6 Å². The van der Waals surface area contributed by atoms with E-state index in [4.69, 9.17) is 18.9 Å². The summed E-state index contributed by atoms with van der Waals surface area (Å²) in [5.74, 6) is -0.253. The number of ether oxygens (including phenoxy) is 4. The van der Waals surface area contributed by atoms with Crippen molar-refractivity contribution in [3.05, 3.63) is 60.8 Å². The number of hydrogen-bond donors (Lipinski definition) is 9. The van der Waals surface area contributed by atoms with Crippen LogP contribution in [-0.4, -0.2) is 140 Å². The van der Waals surface area contributed by atoms with Crippen LogP contribution in [0, 0.1) is 0 Å². The molecule has 78 heavy (non-hydrogen) atoms. The van der Waals surface area contributed by atoms with Crippen LogP contribution in [0.25, 0.3) is 0 Å². The highest BCUT2D eigenvalue weighted by molar-refractivity contribution is 5.76. The van der Waals surface area contributed by atoms with E-state index in [1.54, 1.807) is 6.08 Å². The second-order valence-electron chi connectivity index (χ2n) is 22.2. The van der Waals surface area contributed by atoms with Crippen LogP contribution in [-0.2, 0) is 23.7 Å². The Labute approximate surface area is 473 Å². The third-order valence-electron chi connectivity index (χ3n) is 15.2. The highest BCUT2D eigenvalue weighted by atomic mass is 16.7. The van der Waals surface area contributed by atoms with E-state index in [1.807, 2.05) is 6.08 Å². The van der Waals surface area contributed by atoms with Crippen molar-refractivity contribution in [1.82, 2.24) is 5.32 Å². The Hall–Kier alpha value is -2.31. The maximum absolute atomic E-state index is 13.3. The van der Waals surface area contributed by atoms with Gasteiger partial charge < -0.3 is 65.1 Å². The largest absolute Gasteiger partial charge is 0.394 e. The van der Waals surface area contributed by atoms with Gasteiger partial charge >= 0.3 is 0 Å². The second kappa shape index (κ2) is 49.3. The lowest BCUT2D eigenvalue weighted by Crippen LogP contribution is -2.65. The predicted molar refractivity (Wildman–Crippen MR) is 314 cm³/mol. The Morgan fingerprint density at radius 3 is 1.33 bits per heavy atom. The number of aliphatic hydroxyl groups is 8. The van der Waals surface area contributed by atoms with Gasteiger partial charge in [-0.3, -0.25) is 4.79 Å². The molecule has 454 valence electrons. The summed E-state index contributed by atoms with van der Waals surface area (Å²) in [4.78, 5) is 13.3. The molecule has 2 aliphatic rings. The summed E-state index contributed by atoms with van der Waals surface area (Å²) in [6.07, 6.45) is 46.9. The first-order valence-electron chi connectivity index (χ1n) is 31.5. The van der Waals surface area contributed by atoms with E-state index in [0.29, 0.717) is 12.8 Å². The molecule has 14 heteroatoms. The van der Waals surface area contributed by atoms with Gasteiger partial charge in [0.25, 0.3) is 0 Å². The van der Waals surface area contributed by atoms with E-state index in [-0.39, 0.29) is 18.9 Å². The van der Waals surface area contributed by atoms with Gasteiger partial charge in [-0.2, -0.15) is 0 Å². The van der Waals surface area contributed by atoms with Crippen molar-refractivity contribution >= 4 is 5.91 Å². The Kier molecular flexibility index (Phi) is 45.4. The average molecular weight is 1110 g/mol. The Balaban J connectivity index is 1.73. The van der Waals surface area contributed by atoms with Gasteiger partial charge in [0.15, 0.2) is 12.6 Å². The van der Waals surface area contributed by atoms with E-state index in [9.17, 15) is 45.6 Å². The fourth-order valence-corrected chi connectivity index (χ4v) is 10.1. The lowest BCUT2D eigenvalue weighted by molar-refractivity contribution is -0.359. The minimum Gasteiger partial charge on any atom is -0.394 e. The van der Waals surface area contributed by atoms with Crippen molar-refractivity contribution in [3.8, 4) is 0 Å². The van der Waals surface area contributed by atoms with Gasteiger partial charge in [0.2, 0.25) is 5.91 Å². The van der Waals surface area contributed by atoms with E-state index < -0.39 is 86.8 Å². The van der Waals surface area contributed by atoms with Crippen LogP contribution in [0.3, 0.4) is 0 Å². The van der Waals surface area contributed by atoms with Crippen molar-refractivity contribution in [2.24, 2.45) is 0 Å². The fourth-order valence-electron chi connectivity index (χ4n) is 10.1. The molecule has 14 nitrogen and oxygen atoms in total. The van der Waals surface area contributed by atoms with Gasteiger partial charge in [0.1, 0.15) is 48.8 Å². The molecule has 0 radical (unpaired) electrons. The Morgan fingerprint density at radius 2 is 0.859 bits per heavy atom. The SMILES string of the molecule is CCCCCCC/C=C\C/C=C\CCCCCCCCCCCCCCCCCC(=O)NC(COC1OC(CO)C(OC2OC(CO)C(O)C(O)C2O)C(O)C1O)C(O)/C=C/CC/C=C/CC/C=C/CCCCCCCCC. The molecule has 0 aliphatic carbocycles. The van der Waals surface area contributed by atoms with Crippen LogP contribution in [0.15, 0.2) is 60.8 Å². The molecule has 0 aromatic heterocycles. The molecular formula is C64H115NO13. The highest BCUT2D eigenvalue weighted by Gasteiger charge is 2.51. The Bertz CT molecular complexity index is 1540. The van der Waals surface area contributed by atoms with Crippen molar-refractivity contribution in [2.75, 3.05) is 19.8 Å². The fraction of sp³-hybridized carbons (Fsp3) is 0.828. The molecule has 2 saturated heterocycles. The minimum absolute atomic E-state index is 0.253. The Morgan fingerprint density at radius 1 is 0.462 bits per heavy atom. The quantitative estimate of drug-likeness (QED) is 0.0204. The number of aliphatic hydroxyl groups excluding tert-OH is 8. The molecule has 1 amide bonds. The van der Waals surface area contributed by atoms with Crippen LogP contribution >= 0.6 is 0 Å². The molecule has 2 rings (SSSR count). The number of hydrogen-bond acceptors (Lipinski definition) is 13. The molecule has 0 aromatic carbocycles. The number of unbranched alkanes of at least 4 members (excludes halogenated alkanes) is 29. The number of allylic oxidation sites excluding steroid dienone is 9. The highest BCUT2D eigenvalue weighted by Crippen LogP contribution is 2.30. The predicted octanol–water partition coefficient (Wildman–Crippen LogP) is 11.3. The first-order chi connectivity index (χ1) is 38.1. The third kappa shape index (κ3) is 34.2. The summed E-state index contributed by atoms with van der Waals surface area (Å²) >= 11 is 0. The van der Waals surface area contributed by atoms with E-state index in [2.05, 4.69) is 67.8 Å². The molecule has 9 N–H and O–H groups in total. The van der Waals surface area contributed by atoms with Gasteiger partial charge in [-0.25, -0.2) is 0 Å². The summed E-state index contributed by atoms with van der Waals surface area (Å²) in [5, 5.41) is 87.1. The van der Waals surface area contributed by atoms with Crippen LogP contribution in [0.5, 0.6) is 0 Å². The molecule has 2 fully saturated rings. The first-order valence-corrected chi connectivity index (χ1v) is 31.5. The van der Waals surface area contributed by atoms with Gasteiger partial charge in [0, 0.05) is 6.42 Å². The average Bonchev–Trinajstić information content (AvgIpc) is 3.44. The summed E-state index contributed by atoms with van der Waals surface area (Å²) in [6, 6.07) is -0.939. The van der Waals surface area contributed by atoms with Crippen molar-refractivity contribution in [3.63, 3.8) is 0 Å². The second-order valence-corrected chi connectivity index (χ2v) is 22.2. The third-order valence-corrected chi connectivity index (χ3v) is 15.2. The zero-order valence-corrected chi connectivity index (χ0v) is 48.9. The monoisotopic (exact) mass is 1110 g/mol. The molecule has 12 unspecified atom stereocenters. The van der Waals surface area contributed by atoms with Gasteiger partial charge in [-0.05, 0) is 77.0 Å². The van der Waals surface area contributed by atoms with E-state index >= 15 is 0 Å². The van der Waals surface area contributed by atoms with Gasteiger partial charge in [-0.15, -0.1) is 0 Å². The maximum Gasteiger partial charge on any atom is 0.220 e. The minimum atomic E-state index is -1.79. The van der Waals surface area contributed by atoms with Crippen LogP contribution in [0.4, 0.5) is 0 Å². The van der Waals surface area contributed by atoms with E-state index in [0.717, 1.165) is 51.4 Å². The molecule has 0 spiro atoms. The summed E-state index contributed by atoms with van der Waals surface area (Å²) in [6.45, 7) is 2.76. The van der Waals surface area contributed by atoms with Gasteiger partial charge in [-0.1, -0.05) is 222 Å². The van der Waals surface area contributed by atoms with Crippen LogP contribution < -0.4 is 5.32 Å². The molecular weight excluding hydrogens is 991 g/mol. The van der Waals surface area contributed by atoms with Crippen molar-refractivity contribution in [2.45, 2.75) is 319 Å². The van der Waals surface area contributed by atoms with Crippen molar-refractivity contribution in [1.29, 1.82) is 0 Å². The summed E-state index contributed by atoms with van der Waals surface area (Å²) in [7, 11) is 0. The molecule has 12 atom stereocenters. The lowest BCUT2D eigenvalue weighted by Gasteiger charge is -2.46. The standard InChI is InChI=1S/C64H115NO13/c1-3-5-7-9-11-13-15-17-19-21-22-23-24-25-26-27-28-29-30-32-34-36-38-40-42-44-46-48-56(69)65-52(53(68)47-45-43-41-39-37-35-33-31-20-18-16-14-12-10-8-6-4-2)51-75-63-61(74)59(72)62(55(50-67)77-63)78-64-60(73)58(71)57(70)54(49-66)76-64/h15,17,20-22,31,37,39,45,47,52-55,57-64,66-68,70-74H,3-14,16,18-19,23-30,32-36,38,40-44,46,48-51H2,1-2H3,(H,65,69)/b17-15-,22-21-,31-20+,39-37+,47-45+. The number of carbonyl (C=O) groups is 1. The van der Waals surface area contributed by atoms with Crippen LogP contribution in [0.1, 0.15) is 245 Å². The zero-order chi connectivity index (χ0) is 56.7. The summed E-state index contributed by atoms with van der Waals surface area (Å²) in [5.41, 5.74) is 0. The molecule has 2 aliphatic heterocycles. The molecule has 0 saturated carbocycles.